The topological polar surface area (TPSA) is 83.3 Å². The van der Waals surface area contributed by atoms with Gasteiger partial charge in [-0.05, 0) is 73.7 Å². The first-order valence-corrected chi connectivity index (χ1v) is 13.4. The molecule has 0 spiro atoms. The summed E-state index contributed by atoms with van der Waals surface area (Å²) >= 11 is 0. The lowest BCUT2D eigenvalue weighted by molar-refractivity contribution is -0.137. The normalized spacial score (nSPS) is 13.7. The molecule has 0 saturated heterocycles. The third-order valence-electron chi connectivity index (χ3n) is 6.77. The van der Waals surface area contributed by atoms with Gasteiger partial charge in [-0.15, -0.1) is 0 Å². The highest BCUT2D eigenvalue weighted by atomic mass is 19.4. The van der Waals surface area contributed by atoms with Crippen molar-refractivity contribution < 1.29 is 22.4 Å². The first-order chi connectivity index (χ1) is 19.3. The Morgan fingerprint density at radius 3 is 2.75 bits per heavy atom. The number of halogens is 3. The molecule has 4 aromatic rings. The number of aryl methyl sites for hydroxylation is 1. The van der Waals surface area contributed by atoms with Crippen LogP contribution in [0.3, 0.4) is 0 Å². The van der Waals surface area contributed by atoms with E-state index in [1.165, 1.54) is 12.5 Å². The third-order valence-corrected chi connectivity index (χ3v) is 6.77. The molecule has 0 atom stereocenters. The monoisotopic (exact) mass is 549 g/mol. The number of urea groups is 1. The molecule has 1 aliphatic heterocycles. The lowest BCUT2D eigenvalue weighted by atomic mass is 10.0. The second-order valence-corrected chi connectivity index (χ2v) is 9.75. The van der Waals surface area contributed by atoms with Crippen LogP contribution in [0.4, 0.5) is 35.2 Å². The van der Waals surface area contributed by atoms with Gasteiger partial charge >= 0.3 is 12.2 Å². The Labute approximate surface area is 230 Å². The van der Waals surface area contributed by atoms with E-state index in [0.717, 1.165) is 55.4 Å². The fourth-order valence-corrected chi connectivity index (χ4v) is 4.71. The average molecular weight is 550 g/mol. The van der Waals surface area contributed by atoms with Crippen LogP contribution in [0.1, 0.15) is 43.7 Å². The number of oxazole rings is 1. The fraction of sp³-hybridized carbons (Fsp3) is 0.300. The summed E-state index contributed by atoms with van der Waals surface area (Å²) in [6, 6.07) is 13.9. The predicted molar refractivity (Wildman–Crippen MR) is 149 cm³/mol. The second kappa shape index (κ2) is 11.8. The Hall–Kier alpha value is -4.34. The van der Waals surface area contributed by atoms with E-state index in [1.807, 2.05) is 18.2 Å². The van der Waals surface area contributed by atoms with Crippen LogP contribution in [0.25, 0.3) is 22.6 Å². The number of nitrogens with one attached hydrogen (secondary N) is 2. The second-order valence-electron chi connectivity index (χ2n) is 9.75. The number of unbranched alkanes of at least 4 members (excludes halogenated alkanes) is 1. The van der Waals surface area contributed by atoms with Crippen LogP contribution in [0.15, 0.2) is 71.6 Å². The molecule has 5 rings (SSSR count). The number of benzene rings is 2. The van der Waals surface area contributed by atoms with E-state index >= 15 is 0 Å². The van der Waals surface area contributed by atoms with Gasteiger partial charge in [0.25, 0.3) is 0 Å². The van der Waals surface area contributed by atoms with Crippen LogP contribution >= 0.6 is 0 Å². The van der Waals surface area contributed by atoms with E-state index in [1.54, 1.807) is 29.3 Å². The van der Waals surface area contributed by atoms with Crippen LogP contribution in [-0.2, 0) is 12.6 Å². The van der Waals surface area contributed by atoms with E-state index < -0.39 is 11.7 Å². The van der Waals surface area contributed by atoms with E-state index in [0.29, 0.717) is 47.3 Å². The summed E-state index contributed by atoms with van der Waals surface area (Å²) in [6.45, 7) is 3.23. The molecular weight excluding hydrogens is 519 g/mol. The molecule has 0 saturated carbocycles. The highest BCUT2D eigenvalue weighted by Crippen LogP contribution is 2.34. The van der Waals surface area contributed by atoms with Crippen LogP contribution in [0.2, 0.25) is 0 Å². The highest BCUT2D eigenvalue weighted by molar-refractivity contribution is 6.03. The number of fused-ring (bicyclic) bond motifs is 1. The number of alkyl halides is 3. The van der Waals surface area contributed by atoms with Gasteiger partial charge in [-0.3, -0.25) is 4.90 Å². The van der Waals surface area contributed by atoms with E-state index in [9.17, 15) is 18.0 Å². The Morgan fingerprint density at radius 2 is 1.98 bits per heavy atom. The molecule has 0 aliphatic carbocycles. The SMILES string of the molecule is CCCCc1cc(NC(=O)N2CCCCNc3ccc(-c4cccc(C(F)(F)F)c4)nc32)cc(-c2cnco2)c1. The maximum Gasteiger partial charge on any atom is 0.416 e. The van der Waals surface area contributed by atoms with Gasteiger partial charge in [-0.2, -0.15) is 13.2 Å². The van der Waals surface area contributed by atoms with Crippen molar-refractivity contribution in [2.75, 3.05) is 28.6 Å². The molecule has 2 aromatic heterocycles. The minimum Gasteiger partial charge on any atom is -0.444 e. The summed E-state index contributed by atoms with van der Waals surface area (Å²) in [5, 5.41) is 6.32. The van der Waals surface area contributed by atoms with Gasteiger partial charge in [-0.1, -0.05) is 25.5 Å². The quantitative estimate of drug-likeness (QED) is 0.255. The Morgan fingerprint density at radius 1 is 1.10 bits per heavy atom. The maximum atomic E-state index is 13.7. The average Bonchev–Trinajstić information content (AvgIpc) is 3.47. The van der Waals surface area contributed by atoms with Crippen molar-refractivity contribution in [1.82, 2.24) is 9.97 Å². The third kappa shape index (κ3) is 6.27. The van der Waals surface area contributed by atoms with Crippen molar-refractivity contribution in [3.05, 3.63) is 78.3 Å². The van der Waals surface area contributed by atoms with Gasteiger partial charge < -0.3 is 15.1 Å². The minimum atomic E-state index is -4.47. The summed E-state index contributed by atoms with van der Waals surface area (Å²) in [6.07, 6.45) is 2.99. The largest absolute Gasteiger partial charge is 0.444 e. The molecule has 2 aromatic carbocycles. The van der Waals surface area contributed by atoms with E-state index in [4.69, 9.17) is 4.42 Å². The first-order valence-electron chi connectivity index (χ1n) is 13.4. The van der Waals surface area contributed by atoms with Gasteiger partial charge in [0.05, 0.1) is 23.1 Å². The summed E-state index contributed by atoms with van der Waals surface area (Å²) in [5.41, 5.74) is 3.03. The number of pyridine rings is 1. The van der Waals surface area contributed by atoms with Gasteiger partial charge in [0.1, 0.15) is 0 Å². The number of hydrogen-bond donors (Lipinski definition) is 2. The lowest BCUT2D eigenvalue weighted by Gasteiger charge is -2.27. The van der Waals surface area contributed by atoms with Crippen LogP contribution in [0, 0.1) is 0 Å². The summed E-state index contributed by atoms with van der Waals surface area (Å²) < 4.78 is 45.5. The molecule has 1 aliphatic rings. The molecule has 0 unspecified atom stereocenters. The highest BCUT2D eigenvalue weighted by Gasteiger charge is 2.31. The smallest absolute Gasteiger partial charge is 0.416 e. The van der Waals surface area contributed by atoms with Gasteiger partial charge in [0.15, 0.2) is 18.0 Å². The Kier molecular flexibility index (Phi) is 8.04. The van der Waals surface area contributed by atoms with E-state index in [-0.39, 0.29) is 6.03 Å². The Bertz CT molecular complexity index is 1470. The van der Waals surface area contributed by atoms with Crippen molar-refractivity contribution >= 4 is 23.2 Å². The van der Waals surface area contributed by atoms with Crippen LogP contribution in [-0.4, -0.2) is 29.1 Å². The molecule has 40 heavy (non-hydrogen) atoms. The first kappa shape index (κ1) is 27.2. The standard InChI is InChI=1S/C30H30F3N5O2/c1-2-3-7-20-14-22(27-18-34-19-40-27)17-24(15-20)36-29(39)38-13-5-4-12-35-26-11-10-25(37-28(26)38)21-8-6-9-23(16-21)30(31,32)33/h6,8-11,14-19,35H,2-5,7,12-13H2,1H3,(H,36,39). The van der Waals surface area contributed by atoms with Crippen LogP contribution in [0.5, 0.6) is 0 Å². The van der Waals surface area contributed by atoms with Crippen molar-refractivity contribution in [2.45, 2.75) is 45.2 Å². The van der Waals surface area contributed by atoms with Crippen LogP contribution < -0.4 is 15.5 Å². The molecule has 2 amide bonds. The molecular formula is C30H30F3N5O2. The minimum absolute atomic E-state index is 0.320. The summed E-state index contributed by atoms with van der Waals surface area (Å²) in [7, 11) is 0. The number of carbonyl (C=O) groups excluding carboxylic acids is 1. The fourth-order valence-electron chi connectivity index (χ4n) is 4.71. The lowest BCUT2D eigenvalue weighted by Crippen LogP contribution is -2.38. The molecule has 0 fully saturated rings. The van der Waals surface area contributed by atoms with Gasteiger partial charge in [-0.25, -0.2) is 14.8 Å². The zero-order valence-corrected chi connectivity index (χ0v) is 22.1. The summed E-state index contributed by atoms with van der Waals surface area (Å²) in [4.78, 5) is 24.0. The number of anilines is 3. The maximum absolute atomic E-state index is 13.7. The summed E-state index contributed by atoms with van der Waals surface area (Å²) in [5.74, 6) is 0.965. The van der Waals surface area contributed by atoms with Gasteiger partial charge in [0, 0.05) is 29.9 Å². The molecule has 10 heteroatoms. The molecule has 0 bridgehead atoms. The van der Waals surface area contributed by atoms with Crippen molar-refractivity contribution in [3.8, 4) is 22.6 Å². The number of amides is 2. The zero-order chi connectivity index (χ0) is 28.1. The zero-order valence-electron chi connectivity index (χ0n) is 22.1. The van der Waals surface area contributed by atoms with Crippen molar-refractivity contribution in [3.63, 3.8) is 0 Å². The van der Waals surface area contributed by atoms with Gasteiger partial charge in [0.2, 0.25) is 0 Å². The van der Waals surface area contributed by atoms with Crippen molar-refractivity contribution in [2.24, 2.45) is 0 Å². The molecule has 0 radical (unpaired) electrons. The molecule has 3 heterocycles. The molecule has 2 N–H and O–H groups in total. The Balaban J connectivity index is 1.48. The number of aromatic nitrogens is 2. The molecule has 7 nitrogen and oxygen atoms in total. The number of carbonyl (C=O) groups is 1. The number of nitrogens with zero attached hydrogens (tertiary/aromatic N) is 3. The number of rotatable bonds is 6. The van der Waals surface area contributed by atoms with E-state index in [2.05, 4.69) is 27.5 Å². The molecule has 208 valence electrons. The number of hydrogen-bond acceptors (Lipinski definition) is 5. The van der Waals surface area contributed by atoms with Crippen molar-refractivity contribution in [1.29, 1.82) is 0 Å². The predicted octanol–water partition coefficient (Wildman–Crippen LogP) is 8.01.